The molecule has 21 heavy (non-hydrogen) atoms. The lowest BCUT2D eigenvalue weighted by atomic mass is 10.2. The van der Waals surface area contributed by atoms with E-state index in [2.05, 4.69) is 4.99 Å². The molecule has 1 aliphatic rings. The molecule has 106 valence electrons. The molecule has 2 aromatic carbocycles. The van der Waals surface area contributed by atoms with Crippen molar-refractivity contribution >= 4 is 17.6 Å². The van der Waals surface area contributed by atoms with E-state index in [1.165, 1.54) is 12.3 Å². The van der Waals surface area contributed by atoms with Crippen LogP contribution in [-0.4, -0.2) is 24.4 Å². The Morgan fingerprint density at radius 3 is 2.67 bits per heavy atom. The Bertz CT molecular complexity index is 713. The van der Waals surface area contributed by atoms with Crippen LogP contribution in [-0.2, 0) is 0 Å². The molecular weight excluding hydrogens is 272 g/mol. The predicted octanol–water partition coefficient (Wildman–Crippen LogP) is 3.12. The molecule has 0 amide bonds. The lowest BCUT2D eigenvalue weighted by Gasteiger charge is -2.18. The topological polar surface area (TPSA) is 74.0 Å². The van der Waals surface area contributed by atoms with Gasteiger partial charge in [0.1, 0.15) is 13.2 Å². The fraction of sp³-hybridized carbons (Fsp3) is 0.133. The molecule has 3 rings (SSSR count). The first-order valence-corrected chi connectivity index (χ1v) is 6.41. The molecule has 0 bridgehead atoms. The quantitative estimate of drug-likeness (QED) is 0.493. The summed E-state index contributed by atoms with van der Waals surface area (Å²) in [6, 6.07) is 11.8. The van der Waals surface area contributed by atoms with Crippen LogP contribution < -0.4 is 9.47 Å². The van der Waals surface area contributed by atoms with Crippen LogP contribution in [0.15, 0.2) is 47.5 Å². The molecule has 0 spiro atoms. The SMILES string of the molecule is O=[N+]([O-])c1ccccc1C=Nc1ccc2c(c1)OCCO2. The van der Waals surface area contributed by atoms with Crippen molar-refractivity contribution in [3.05, 3.63) is 58.1 Å². The Balaban J connectivity index is 1.88. The van der Waals surface area contributed by atoms with E-state index in [1.807, 2.05) is 0 Å². The summed E-state index contributed by atoms with van der Waals surface area (Å²) in [6.07, 6.45) is 1.48. The number of fused-ring (bicyclic) bond motifs is 1. The maximum atomic E-state index is 10.9. The molecule has 0 N–H and O–H groups in total. The van der Waals surface area contributed by atoms with Crippen molar-refractivity contribution in [3.63, 3.8) is 0 Å². The van der Waals surface area contributed by atoms with E-state index >= 15 is 0 Å². The van der Waals surface area contributed by atoms with Crippen LogP contribution in [0, 0.1) is 10.1 Å². The number of aliphatic imine (C=N–C) groups is 1. The van der Waals surface area contributed by atoms with Gasteiger partial charge in [0.15, 0.2) is 11.5 Å². The van der Waals surface area contributed by atoms with E-state index in [4.69, 9.17) is 9.47 Å². The van der Waals surface area contributed by atoms with Gasteiger partial charge >= 0.3 is 0 Å². The molecule has 0 saturated carbocycles. The van der Waals surface area contributed by atoms with Crippen molar-refractivity contribution in [2.45, 2.75) is 0 Å². The van der Waals surface area contributed by atoms with Crippen molar-refractivity contribution in [1.29, 1.82) is 0 Å². The molecule has 6 nitrogen and oxygen atoms in total. The molecule has 0 saturated heterocycles. The molecular formula is C15H12N2O4. The number of hydrogen-bond donors (Lipinski definition) is 0. The smallest absolute Gasteiger partial charge is 0.278 e. The zero-order chi connectivity index (χ0) is 14.7. The number of nitro benzene ring substituents is 1. The third-order valence-electron chi connectivity index (χ3n) is 3.01. The standard InChI is InChI=1S/C15H12N2O4/c18-17(19)13-4-2-1-3-11(13)10-16-12-5-6-14-15(9-12)21-8-7-20-14/h1-6,9-10H,7-8H2. The second-order valence-corrected chi connectivity index (χ2v) is 4.40. The van der Waals surface area contributed by atoms with Gasteiger partial charge in [0.2, 0.25) is 0 Å². The van der Waals surface area contributed by atoms with Gasteiger partial charge in [-0.1, -0.05) is 12.1 Å². The first-order chi connectivity index (χ1) is 10.2. The first-order valence-electron chi connectivity index (χ1n) is 6.41. The molecule has 0 atom stereocenters. The second-order valence-electron chi connectivity index (χ2n) is 4.40. The van der Waals surface area contributed by atoms with Crippen molar-refractivity contribution in [2.24, 2.45) is 4.99 Å². The number of para-hydroxylation sites is 1. The van der Waals surface area contributed by atoms with Crippen LogP contribution >= 0.6 is 0 Å². The highest BCUT2D eigenvalue weighted by molar-refractivity contribution is 5.87. The minimum Gasteiger partial charge on any atom is -0.486 e. The summed E-state index contributed by atoms with van der Waals surface area (Å²) in [4.78, 5) is 14.8. The molecule has 0 aliphatic carbocycles. The summed E-state index contributed by atoms with van der Waals surface area (Å²) in [5, 5.41) is 10.9. The van der Waals surface area contributed by atoms with Gasteiger partial charge in [-0.15, -0.1) is 0 Å². The highest BCUT2D eigenvalue weighted by atomic mass is 16.6. The summed E-state index contributed by atoms with van der Waals surface area (Å²) in [5.74, 6) is 1.32. The lowest BCUT2D eigenvalue weighted by Crippen LogP contribution is -2.14. The fourth-order valence-corrected chi connectivity index (χ4v) is 2.02. The summed E-state index contributed by atoms with van der Waals surface area (Å²) in [5.41, 5.74) is 1.13. The first kappa shape index (κ1) is 13.1. The van der Waals surface area contributed by atoms with Crippen molar-refractivity contribution in [3.8, 4) is 11.5 Å². The molecule has 2 aromatic rings. The summed E-state index contributed by atoms with van der Waals surface area (Å²) >= 11 is 0. The summed E-state index contributed by atoms with van der Waals surface area (Å²) in [7, 11) is 0. The van der Waals surface area contributed by atoms with E-state index in [0.29, 0.717) is 36.0 Å². The molecule has 1 heterocycles. The molecule has 1 aliphatic heterocycles. The van der Waals surface area contributed by atoms with Gasteiger partial charge < -0.3 is 9.47 Å². The second kappa shape index (κ2) is 5.62. The summed E-state index contributed by atoms with van der Waals surface area (Å²) in [6.45, 7) is 1.04. The van der Waals surface area contributed by atoms with Crippen LogP contribution in [0.2, 0.25) is 0 Å². The Hall–Kier alpha value is -2.89. The van der Waals surface area contributed by atoms with Gasteiger partial charge in [0.05, 0.1) is 16.2 Å². The third-order valence-corrected chi connectivity index (χ3v) is 3.01. The largest absolute Gasteiger partial charge is 0.486 e. The molecule has 0 aromatic heterocycles. The normalized spacial score (nSPS) is 13.3. The Kier molecular flexibility index (Phi) is 3.51. The van der Waals surface area contributed by atoms with E-state index < -0.39 is 4.92 Å². The van der Waals surface area contributed by atoms with Crippen molar-refractivity contribution < 1.29 is 14.4 Å². The van der Waals surface area contributed by atoms with Crippen molar-refractivity contribution in [2.75, 3.05) is 13.2 Å². The Morgan fingerprint density at radius 1 is 1.10 bits per heavy atom. The number of benzene rings is 2. The monoisotopic (exact) mass is 284 g/mol. The van der Waals surface area contributed by atoms with Crippen molar-refractivity contribution in [1.82, 2.24) is 0 Å². The third kappa shape index (κ3) is 2.84. The number of rotatable bonds is 3. The molecule has 0 fully saturated rings. The lowest BCUT2D eigenvalue weighted by molar-refractivity contribution is -0.385. The van der Waals surface area contributed by atoms with E-state index in [-0.39, 0.29) is 5.69 Å². The number of hydrogen-bond acceptors (Lipinski definition) is 5. The van der Waals surface area contributed by atoms with Gasteiger partial charge in [-0.05, 0) is 18.2 Å². The van der Waals surface area contributed by atoms with Crippen LogP contribution in [0.4, 0.5) is 11.4 Å². The minimum absolute atomic E-state index is 0.0267. The number of ether oxygens (including phenoxy) is 2. The van der Waals surface area contributed by atoms with Gasteiger partial charge in [-0.3, -0.25) is 15.1 Å². The summed E-state index contributed by atoms with van der Waals surface area (Å²) < 4.78 is 10.9. The fourth-order valence-electron chi connectivity index (χ4n) is 2.02. The zero-order valence-corrected chi connectivity index (χ0v) is 11.1. The maximum absolute atomic E-state index is 10.9. The molecule has 0 unspecified atom stereocenters. The van der Waals surface area contributed by atoms with E-state index in [0.717, 1.165) is 0 Å². The van der Waals surface area contributed by atoms with Gasteiger partial charge in [0.25, 0.3) is 5.69 Å². The van der Waals surface area contributed by atoms with Crippen LogP contribution in [0.25, 0.3) is 0 Å². The average Bonchev–Trinajstić information content (AvgIpc) is 2.53. The Morgan fingerprint density at radius 2 is 1.86 bits per heavy atom. The van der Waals surface area contributed by atoms with Gasteiger partial charge in [-0.2, -0.15) is 0 Å². The van der Waals surface area contributed by atoms with Crippen LogP contribution in [0.1, 0.15) is 5.56 Å². The Labute approximate surface area is 120 Å². The highest BCUT2D eigenvalue weighted by Gasteiger charge is 2.12. The number of nitrogens with zero attached hydrogens (tertiary/aromatic N) is 2. The predicted molar refractivity (Wildman–Crippen MR) is 77.8 cm³/mol. The van der Waals surface area contributed by atoms with Crippen LogP contribution in [0.3, 0.4) is 0 Å². The van der Waals surface area contributed by atoms with Crippen LogP contribution in [0.5, 0.6) is 11.5 Å². The minimum atomic E-state index is -0.425. The molecule has 0 radical (unpaired) electrons. The van der Waals surface area contributed by atoms with Gasteiger partial charge in [-0.25, -0.2) is 0 Å². The van der Waals surface area contributed by atoms with Gasteiger partial charge in [0, 0.05) is 18.3 Å². The highest BCUT2D eigenvalue weighted by Crippen LogP contribution is 2.33. The number of nitro groups is 1. The zero-order valence-electron chi connectivity index (χ0n) is 11.1. The molecule has 6 heteroatoms. The average molecular weight is 284 g/mol. The maximum Gasteiger partial charge on any atom is 0.278 e. The van der Waals surface area contributed by atoms with E-state index in [1.54, 1.807) is 36.4 Å². The van der Waals surface area contributed by atoms with E-state index in [9.17, 15) is 10.1 Å².